The number of hydrogen-bond acceptors (Lipinski definition) is 3. The van der Waals surface area contributed by atoms with Crippen molar-refractivity contribution in [3.8, 4) is 5.75 Å². The van der Waals surface area contributed by atoms with Crippen molar-refractivity contribution >= 4 is 17.7 Å². The minimum atomic E-state index is -0.440. The maximum absolute atomic E-state index is 10.9. The summed E-state index contributed by atoms with van der Waals surface area (Å²) in [6.07, 6.45) is -0.440. The Hall–Kier alpha value is -1.42. The Balaban J connectivity index is 2.21. The van der Waals surface area contributed by atoms with Gasteiger partial charge in [-0.25, -0.2) is 4.79 Å². The number of amides is 1. The summed E-state index contributed by atoms with van der Waals surface area (Å²) in [5.74, 6) is 0.606. The maximum atomic E-state index is 10.9. The number of para-hydroxylation sites is 1. The fourth-order valence-electron chi connectivity index (χ4n) is 1.06. The number of carbonyl (C=O) groups excluding carboxylic acids is 1. The van der Waals surface area contributed by atoms with Crippen LogP contribution in [-0.4, -0.2) is 25.9 Å². The minimum absolute atomic E-state index is 0.350. The van der Waals surface area contributed by atoms with Crippen LogP contribution in [0.2, 0.25) is 5.02 Å². The van der Waals surface area contributed by atoms with Gasteiger partial charge in [-0.05, 0) is 19.1 Å². The first-order chi connectivity index (χ1) is 7.74. The second kappa shape index (κ2) is 6.95. The summed E-state index contributed by atoms with van der Waals surface area (Å²) in [6, 6.07) is 7.18. The number of benzene rings is 1. The van der Waals surface area contributed by atoms with E-state index in [-0.39, 0.29) is 0 Å². The van der Waals surface area contributed by atoms with E-state index in [1.165, 1.54) is 0 Å². The van der Waals surface area contributed by atoms with Crippen molar-refractivity contribution in [1.82, 2.24) is 5.32 Å². The third-order valence-corrected chi connectivity index (χ3v) is 2.05. The van der Waals surface area contributed by atoms with Crippen LogP contribution in [0, 0.1) is 0 Å². The maximum Gasteiger partial charge on any atom is 0.407 e. The molecule has 1 N–H and O–H groups in total. The van der Waals surface area contributed by atoms with Crippen LogP contribution in [0.5, 0.6) is 5.75 Å². The first-order valence-corrected chi connectivity index (χ1v) is 5.39. The topological polar surface area (TPSA) is 47.6 Å². The number of ether oxygens (including phenoxy) is 2. The lowest BCUT2D eigenvalue weighted by Gasteiger charge is -2.08. The molecule has 0 saturated heterocycles. The molecule has 0 radical (unpaired) electrons. The zero-order chi connectivity index (χ0) is 11.8. The SMILES string of the molecule is CCOC(=O)NCCOc1ccccc1Cl. The van der Waals surface area contributed by atoms with E-state index >= 15 is 0 Å². The summed E-state index contributed by atoms with van der Waals surface area (Å²) in [6.45, 7) is 2.84. The van der Waals surface area contributed by atoms with Crippen LogP contribution in [0.15, 0.2) is 24.3 Å². The Morgan fingerprint density at radius 3 is 2.88 bits per heavy atom. The van der Waals surface area contributed by atoms with Gasteiger partial charge in [-0.3, -0.25) is 0 Å². The second-order valence-electron chi connectivity index (χ2n) is 2.93. The van der Waals surface area contributed by atoms with Gasteiger partial charge in [0.2, 0.25) is 0 Å². The predicted octanol–water partition coefficient (Wildman–Crippen LogP) is 2.46. The molecule has 1 aromatic carbocycles. The van der Waals surface area contributed by atoms with Gasteiger partial charge in [0.05, 0.1) is 18.2 Å². The predicted molar refractivity (Wildman–Crippen MR) is 62.0 cm³/mol. The lowest BCUT2D eigenvalue weighted by atomic mass is 10.3. The summed E-state index contributed by atoms with van der Waals surface area (Å²) < 4.78 is 10.0. The molecule has 1 rings (SSSR count). The molecule has 4 nitrogen and oxygen atoms in total. The molecule has 0 aliphatic rings. The molecule has 16 heavy (non-hydrogen) atoms. The molecule has 0 heterocycles. The number of rotatable bonds is 5. The van der Waals surface area contributed by atoms with Crippen molar-refractivity contribution in [2.75, 3.05) is 19.8 Å². The van der Waals surface area contributed by atoms with Crippen LogP contribution < -0.4 is 10.1 Å². The van der Waals surface area contributed by atoms with E-state index in [4.69, 9.17) is 16.3 Å². The summed E-state index contributed by atoms with van der Waals surface area (Å²) >= 11 is 5.88. The van der Waals surface area contributed by atoms with Gasteiger partial charge in [0.25, 0.3) is 0 Å². The van der Waals surface area contributed by atoms with E-state index in [1.54, 1.807) is 19.1 Å². The molecule has 88 valence electrons. The standard InChI is InChI=1S/C11H14ClNO3/c1-2-15-11(14)13-7-8-16-10-6-4-3-5-9(10)12/h3-6H,2,7-8H2,1H3,(H,13,14). The highest BCUT2D eigenvalue weighted by Gasteiger charge is 2.01. The first kappa shape index (κ1) is 12.6. The number of carbonyl (C=O) groups is 1. The first-order valence-electron chi connectivity index (χ1n) is 5.02. The van der Waals surface area contributed by atoms with Crippen LogP contribution in [0.1, 0.15) is 6.92 Å². The molecule has 0 atom stereocenters. The minimum Gasteiger partial charge on any atom is -0.490 e. The summed E-state index contributed by atoms with van der Waals surface area (Å²) in [5.41, 5.74) is 0. The van der Waals surface area contributed by atoms with Crippen LogP contribution in [0.3, 0.4) is 0 Å². The monoisotopic (exact) mass is 243 g/mol. The molecular formula is C11H14ClNO3. The van der Waals surface area contributed by atoms with Crippen molar-refractivity contribution in [3.63, 3.8) is 0 Å². The third-order valence-electron chi connectivity index (χ3n) is 1.74. The van der Waals surface area contributed by atoms with Gasteiger partial charge in [-0.2, -0.15) is 0 Å². The van der Waals surface area contributed by atoms with Crippen LogP contribution >= 0.6 is 11.6 Å². The van der Waals surface area contributed by atoms with Crippen molar-refractivity contribution in [2.24, 2.45) is 0 Å². The normalized spacial score (nSPS) is 9.62. The van der Waals surface area contributed by atoms with Crippen LogP contribution in [-0.2, 0) is 4.74 Å². The van der Waals surface area contributed by atoms with E-state index < -0.39 is 6.09 Å². The van der Waals surface area contributed by atoms with Crippen molar-refractivity contribution in [1.29, 1.82) is 0 Å². The molecule has 1 aromatic rings. The highest BCUT2D eigenvalue weighted by molar-refractivity contribution is 6.32. The van der Waals surface area contributed by atoms with E-state index in [2.05, 4.69) is 10.1 Å². The molecule has 0 unspecified atom stereocenters. The lowest BCUT2D eigenvalue weighted by Crippen LogP contribution is -2.28. The Kier molecular flexibility index (Phi) is 5.50. The highest BCUT2D eigenvalue weighted by atomic mass is 35.5. The van der Waals surface area contributed by atoms with E-state index in [9.17, 15) is 4.79 Å². The molecule has 0 aliphatic carbocycles. The molecule has 0 fully saturated rings. The number of nitrogens with one attached hydrogen (secondary N) is 1. The van der Waals surface area contributed by atoms with Crippen molar-refractivity contribution < 1.29 is 14.3 Å². The van der Waals surface area contributed by atoms with Gasteiger partial charge in [-0.1, -0.05) is 23.7 Å². The Morgan fingerprint density at radius 2 is 2.19 bits per heavy atom. The Labute approximate surface area is 99.5 Å². The van der Waals surface area contributed by atoms with E-state index in [0.29, 0.717) is 30.5 Å². The molecule has 1 amide bonds. The molecule has 0 aliphatic heterocycles. The van der Waals surface area contributed by atoms with Gasteiger partial charge in [0, 0.05) is 0 Å². The fourth-order valence-corrected chi connectivity index (χ4v) is 1.25. The summed E-state index contributed by atoms with van der Waals surface area (Å²) in [4.78, 5) is 10.9. The fraction of sp³-hybridized carbons (Fsp3) is 0.364. The van der Waals surface area contributed by atoms with Gasteiger partial charge in [-0.15, -0.1) is 0 Å². The largest absolute Gasteiger partial charge is 0.490 e. The number of halogens is 1. The third kappa shape index (κ3) is 4.40. The number of hydrogen-bond donors (Lipinski definition) is 1. The zero-order valence-corrected chi connectivity index (χ0v) is 9.79. The Morgan fingerprint density at radius 1 is 1.44 bits per heavy atom. The van der Waals surface area contributed by atoms with Gasteiger partial charge in [0.15, 0.2) is 0 Å². The van der Waals surface area contributed by atoms with Crippen LogP contribution in [0.4, 0.5) is 4.79 Å². The summed E-state index contributed by atoms with van der Waals surface area (Å²) in [7, 11) is 0. The average Bonchev–Trinajstić information content (AvgIpc) is 2.27. The summed E-state index contributed by atoms with van der Waals surface area (Å²) in [5, 5.41) is 3.10. The van der Waals surface area contributed by atoms with Gasteiger partial charge >= 0.3 is 6.09 Å². The van der Waals surface area contributed by atoms with Gasteiger partial charge < -0.3 is 14.8 Å². The lowest BCUT2D eigenvalue weighted by molar-refractivity contribution is 0.150. The number of alkyl carbamates (subject to hydrolysis) is 1. The zero-order valence-electron chi connectivity index (χ0n) is 9.03. The molecule has 0 saturated carbocycles. The molecular weight excluding hydrogens is 230 g/mol. The average molecular weight is 244 g/mol. The molecule has 0 aromatic heterocycles. The second-order valence-corrected chi connectivity index (χ2v) is 3.33. The smallest absolute Gasteiger partial charge is 0.407 e. The van der Waals surface area contributed by atoms with E-state index in [1.807, 2.05) is 12.1 Å². The molecule has 0 bridgehead atoms. The van der Waals surface area contributed by atoms with E-state index in [0.717, 1.165) is 0 Å². The highest BCUT2D eigenvalue weighted by Crippen LogP contribution is 2.22. The van der Waals surface area contributed by atoms with Gasteiger partial charge in [0.1, 0.15) is 12.4 Å². The molecule has 5 heteroatoms. The van der Waals surface area contributed by atoms with Crippen molar-refractivity contribution in [2.45, 2.75) is 6.92 Å². The quantitative estimate of drug-likeness (QED) is 0.809. The Bertz CT molecular complexity index is 344. The van der Waals surface area contributed by atoms with Crippen LogP contribution in [0.25, 0.3) is 0 Å². The molecule has 0 spiro atoms. The van der Waals surface area contributed by atoms with Crippen molar-refractivity contribution in [3.05, 3.63) is 29.3 Å².